The molecule has 2 aromatic rings. The molecular weight excluding hydrogens is 302 g/mol. The van der Waals surface area contributed by atoms with E-state index in [1.54, 1.807) is 19.1 Å². The highest BCUT2D eigenvalue weighted by atomic mass is 32.2. The molecule has 2 rings (SSSR count). The zero-order valence-electron chi connectivity index (χ0n) is 10.6. The highest BCUT2D eigenvalue weighted by molar-refractivity contribution is 7.89. The number of carboxylic acid groups (broad SMARTS) is 1. The molecule has 0 fully saturated rings. The zero-order valence-corrected chi connectivity index (χ0v) is 12.2. The number of aromatic nitrogens is 2. The Labute approximate surface area is 120 Å². The maximum atomic E-state index is 12.3. The third-order valence-corrected chi connectivity index (χ3v) is 4.76. The highest BCUT2D eigenvalue weighted by Gasteiger charge is 2.26. The zero-order chi connectivity index (χ0) is 14.8. The van der Waals surface area contributed by atoms with Crippen LogP contribution in [0.2, 0.25) is 0 Å². The van der Waals surface area contributed by atoms with E-state index in [2.05, 4.69) is 13.5 Å². The molecule has 0 aliphatic heterocycles. The fourth-order valence-corrected chi connectivity index (χ4v) is 3.76. The van der Waals surface area contributed by atoms with Crippen molar-refractivity contribution in [2.24, 2.45) is 0 Å². The number of nitrogens with zero attached hydrogens (tertiary/aromatic N) is 2. The molecule has 0 aliphatic rings. The predicted molar refractivity (Wildman–Crippen MR) is 74.1 cm³/mol. The molecule has 1 atom stereocenters. The van der Waals surface area contributed by atoms with E-state index in [4.69, 9.17) is 5.11 Å². The van der Waals surface area contributed by atoms with Crippen molar-refractivity contribution in [2.75, 3.05) is 0 Å². The van der Waals surface area contributed by atoms with E-state index in [0.717, 1.165) is 11.7 Å². The number of carbonyl (C=O) groups is 1. The second-order valence-electron chi connectivity index (χ2n) is 4.19. The van der Waals surface area contributed by atoms with Crippen molar-refractivity contribution in [3.05, 3.63) is 18.2 Å². The molecule has 108 valence electrons. The second kappa shape index (κ2) is 5.81. The maximum absolute atomic E-state index is 12.3. The van der Waals surface area contributed by atoms with Gasteiger partial charge in [0.25, 0.3) is 0 Å². The van der Waals surface area contributed by atoms with Crippen LogP contribution >= 0.6 is 11.7 Å². The minimum atomic E-state index is -3.95. The second-order valence-corrected chi connectivity index (χ2v) is 6.40. The molecule has 20 heavy (non-hydrogen) atoms. The Morgan fingerprint density at radius 1 is 1.45 bits per heavy atom. The number of hydrogen-bond donors (Lipinski definition) is 2. The van der Waals surface area contributed by atoms with Crippen LogP contribution in [0.5, 0.6) is 0 Å². The molecule has 0 radical (unpaired) electrons. The summed E-state index contributed by atoms with van der Waals surface area (Å²) in [5.41, 5.74) is 0.728. The van der Waals surface area contributed by atoms with Gasteiger partial charge in [0.2, 0.25) is 10.0 Å². The van der Waals surface area contributed by atoms with Crippen molar-refractivity contribution in [3.63, 3.8) is 0 Å². The molecule has 0 bridgehead atoms. The van der Waals surface area contributed by atoms with Gasteiger partial charge >= 0.3 is 5.97 Å². The summed E-state index contributed by atoms with van der Waals surface area (Å²) in [6.45, 7) is 1.79. The first-order valence-corrected chi connectivity index (χ1v) is 8.13. The van der Waals surface area contributed by atoms with Gasteiger partial charge in [-0.2, -0.15) is 13.5 Å². The van der Waals surface area contributed by atoms with Crippen molar-refractivity contribution in [3.8, 4) is 0 Å². The van der Waals surface area contributed by atoms with E-state index in [1.807, 2.05) is 0 Å². The minimum absolute atomic E-state index is 0.0499. The molecule has 0 spiro atoms. The van der Waals surface area contributed by atoms with Crippen molar-refractivity contribution < 1.29 is 18.3 Å². The van der Waals surface area contributed by atoms with E-state index >= 15 is 0 Å². The molecule has 0 aliphatic carbocycles. The summed E-state index contributed by atoms with van der Waals surface area (Å²) in [6.07, 6.45) is 0.780. The number of rotatable bonds is 6. The molecule has 7 nitrogen and oxygen atoms in total. The molecule has 0 saturated carbocycles. The summed E-state index contributed by atoms with van der Waals surface area (Å²) < 4.78 is 34.7. The van der Waals surface area contributed by atoms with Crippen molar-refractivity contribution in [1.29, 1.82) is 0 Å². The van der Waals surface area contributed by atoms with Gasteiger partial charge in [-0.1, -0.05) is 19.4 Å². The quantitative estimate of drug-likeness (QED) is 0.829. The van der Waals surface area contributed by atoms with Crippen LogP contribution in [0.3, 0.4) is 0 Å². The van der Waals surface area contributed by atoms with Crippen molar-refractivity contribution in [2.45, 2.75) is 30.7 Å². The molecule has 1 heterocycles. The van der Waals surface area contributed by atoms with Gasteiger partial charge in [0.1, 0.15) is 22.0 Å². The maximum Gasteiger partial charge on any atom is 0.321 e. The molecule has 1 aromatic carbocycles. The van der Waals surface area contributed by atoms with Gasteiger partial charge in [0.15, 0.2) is 0 Å². The third-order valence-electron chi connectivity index (χ3n) is 2.71. The van der Waals surface area contributed by atoms with Gasteiger partial charge in [0, 0.05) is 0 Å². The lowest BCUT2D eigenvalue weighted by Crippen LogP contribution is -2.40. The smallest absolute Gasteiger partial charge is 0.321 e. The highest BCUT2D eigenvalue weighted by Crippen LogP contribution is 2.21. The van der Waals surface area contributed by atoms with Crippen LogP contribution in [0.15, 0.2) is 23.1 Å². The summed E-state index contributed by atoms with van der Waals surface area (Å²) in [7, 11) is -3.95. The molecule has 2 N–H and O–H groups in total. The average Bonchev–Trinajstić information content (AvgIpc) is 2.85. The normalized spacial score (nSPS) is 13.4. The topological polar surface area (TPSA) is 109 Å². The lowest BCUT2D eigenvalue weighted by molar-refractivity contribution is -0.139. The molecule has 0 amide bonds. The Morgan fingerprint density at radius 3 is 2.85 bits per heavy atom. The fraction of sp³-hybridized carbons (Fsp3) is 0.364. The number of benzene rings is 1. The Morgan fingerprint density at radius 2 is 2.20 bits per heavy atom. The Bertz CT molecular complexity index is 726. The average molecular weight is 315 g/mol. The van der Waals surface area contributed by atoms with Crippen molar-refractivity contribution >= 4 is 38.8 Å². The molecule has 1 aromatic heterocycles. The van der Waals surface area contributed by atoms with Gasteiger partial charge in [-0.05, 0) is 18.6 Å². The lowest BCUT2D eigenvalue weighted by Gasteiger charge is -2.13. The van der Waals surface area contributed by atoms with Gasteiger partial charge in [-0.15, -0.1) is 0 Å². The summed E-state index contributed by atoms with van der Waals surface area (Å²) in [4.78, 5) is 11.0. The van der Waals surface area contributed by atoms with Crippen LogP contribution in [0, 0.1) is 0 Å². The van der Waals surface area contributed by atoms with E-state index in [1.165, 1.54) is 6.07 Å². The summed E-state index contributed by atoms with van der Waals surface area (Å²) in [5, 5.41) is 9.04. The summed E-state index contributed by atoms with van der Waals surface area (Å²) >= 11 is 0.910. The number of carboxylic acids is 1. The Kier molecular flexibility index (Phi) is 4.31. The third kappa shape index (κ3) is 2.94. The van der Waals surface area contributed by atoms with E-state index < -0.39 is 22.0 Å². The van der Waals surface area contributed by atoms with Crippen LogP contribution < -0.4 is 4.72 Å². The summed E-state index contributed by atoms with van der Waals surface area (Å²) in [6, 6.07) is 3.44. The van der Waals surface area contributed by atoms with Crippen LogP contribution in [0.1, 0.15) is 19.8 Å². The Hall–Kier alpha value is -1.58. The first kappa shape index (κ1) is 14.8. The van der Waals surface area contributed by atoms with E-state index in [0.29, 0.717) is 11.9 Å². The fourth-order valence-electron chi connectivity index (χ4n) is 1.77. The summed E-state index contributed by atoms with van der Waals surface area (Å²) in [5.74, 6) is -1.20. The first-order chi connectivity index (χ1) is 9.45. The number of nitrogens with one attached hydrogen (secondary N) is 1. The van der Waals surface area contributed by atoms with Gasteiger partial charge in [-0.25, -0.2) is 8.42 Å². The number of fused-ring (bicyclic) bond motifs is 1. The Balaban J connectivity index is 2.39. The van der Waals surface area contributed by atoms with Crippen molar-refractivity contribution in [1.82, 2.24) is 13.5 Å². The number of aliphatic carboxylic acids is 1. The first-order valence-electron chi connectivity index (χ1n) is 5.92. The molecule has 0 unspecified atom stereocenters. The lowest BCUT2D eigenvalue weighted by atomic mass is 10.2. The van der Waals surface area contributed by atoms with Crippen LogP contribution in [0.25, 0.3) is 11.0 Å². The number of sulfonamides is 1. The number of hydrogen-bond acceptors (Lipinski definition) is 6. The largest absolute Gasteiger partial charge is 0.480 e. The molecule has 9 heteroatoms. The molecular formula is C11H13N3O4S2. The molecule has 0 saturated heterocycles. The minimum Gasteiger partial charge on any atom is -0.480 e. The van der Waals surface area contributed by atoms with Crippen LogP contribution in [0.4, 0.5) is 0 Å². The predicted octanol–water partition coefficient (Wildman–Crippen LogP) is 1.22. The van der Waals surface area contributed by atoms with E-state index in [-0.39, 0.29) is 16.8 Å². The standard InChI is InChI=1S/C11H13N3O4S2/c1-2-4-8(11(15)16)14-20(17,18)9-6-3-5-7-10(9)13-19-12-7/h3,5-6,8,14H,2,4H2,1H3,(H,15,16)/t8-/m0/s1. The SMILES string of the molecule is CCC[C@H](NS(=O)(=O)c1cccc2nsnc12)C(=O)O. The van der Waals surface area contributed by atoms with Gasteiger partial charge in [-0.3, -0.25) is 4.79 Å². The van der Waals surface area contributed by atoms with Crippen LogP contribution in [-0.2, 0) is 14.8 Å². The van der Waals surface area contributed by atoms with Gasteiger partial charge < -0.3 is 5.11 Å². The van der Waals surface area contributed by atoms with Gasteiger partial charge in [0.05, 0.1) is 11.7 Å². The van der Waals surface area contributed by atoms with E-state index in [9.17, 15) is 13.2 Å². The van der Waals surface area contributed by atoms with Crippen LogP contribution in [-0.4, -0.2) is 34.3 Å². The monoisotopic (exact) mass is 315 g/mol.